The van der Waals surface area contributed by atoms with Crippen molar-refractivity contribution in [2.24, 2.45) is 5.41 Å². The first kappa shape index (κ1) is 31.8. The second-order valence-electron chi connectivity index (χ2n) is 13.9. The SMILES string of the molecule is O=C([O-])CCCC(CCN(C1CCCCC1)C1CCCCC1)(CCN(C1CCCCC1)C1CCCCC1)C(=O)[O-]. The van der Waals surface area contributed by atoms with Gasteiger partial charge in [-0.2, -0.15) is 0 Å². The summed E-state index contributed by atoms with van der Waals surface area (Å²) in [6.45, 7) is 1.61. The smallest absolute Gasteiger partial charge is 0.0477 e. The Hall–Kier alpha value is -1.14. The van der Waals surface area contributed by atoms with Crippen molar-refractivity contribution in [2.45, 2.75) is 185 Å². The molecule has 0 aromatic rings. The lowest BCUT2D eigenvalue weighted by molar-refractivity contribution is -0.322. The van der Waals surface area contributed by atoms with Crippen molar-refractivity contribution in [2.75, 3.05) is 13.1 Å². The van der Waals surface area contributed by atoms with Gasteiger partial charge in [-0.25, -0.2) is 0 Å². The average molecular weight is 559 g/mol. The molecule has 0 atom stereocenters. The van der Waals surface area contributed by atoms with Crippen LogP contribution in [0.3, 0.4) is 0 Å². The van der Waals surface area contributed by atoms with Crippen molar-refractivity contribution >= 4 is 11.9 Å². The Morgan fingerprint density at radius 1 is 0.525 bits per heavy atom. The van der Waals surface area contributed by atoms with Crippen LogP contribution in [-0.2, 0) is 9.59 Å². The van der Waals surface area contributed by atoms with Crippen LogP contribution in [0.15, 0.2) is 0 Å². The Bertz CT molecular complexity index is 669. The maximum Gasteiger partial charge on any atom is 0.0477 e. The molecule has 40 heavy (non-hydrogen) atoms. The molecule has 0 unspecified atom stereocenters. The van der Waals surface area contributed by atoms with Gasteiger partial charge in [0, 0.05) is 41.5 Å². The highest BCUT2D eigenvalue weighted by Gasteiger charge is 2.37. The largest absolute Gasteiger partial charge is 0.550 e. The van der Waals surface area contributed by atoms with E-state index in [1.54, 1.807) is 0 Å². The van der Waals surface area contributed by atoms with Crippen LogP contribution < -0.4 is 10.2 Å². The third kappa shape index (κ3) is 9.18. The first-order chi connectivity index (χ1) is 19.5. The minimum Gasteiger partial charge on any atom is -0.550 e. The van der Waals surface area contributed by atoms with Crippen molar-refractivity contribution in [1.29, 1.82) is 0 Å². The fourth-order valence-electron chi connectivity index (χ4n) is 8.92. The second-order valence-corrected chi connectivity index (χ2v) is 13.9. The molecule has 6 nitrogen and oxygen atoms in total. The molecule has 6 heteroatoms. The fourth-order valence-corrected chi connectivity index (χ4v) is 8.92. The highest BCUT2D eigenvalue weighted by atomic mass is 16.4. The molecule has 4 rings (SSSR count). The fraction of sp³-hybridized carbons (Fsp3) is 0.941. The summed E-state index contributed by atoms with van der Waals surface area (Å²) in [4.78, 5) is 29.9. The minimum atomic E-state index is -1.08. The maximum atomic E-state index is 13.1. The Kier molecular flexibility index (Phi) is 13.1. The minimum absolute atomic E-state index is 0.0705. The number of hydrogen-bond acceptors (Lipinski definition) is 6. The van der Waals surface area contributed by atoms with Gasteiger partial charge in [-0.05, 0) is 96.6 Å². The van der Waals surface area contributed by atoms with E-state index in [2.05, 4.69) is 9.80 Å². The molecular weight excluding hydrogens is 500 g/mol. The van der Waals surface area contributed by atoms with E-state index < -0.39 is 17.4 Å². The second kappa shape index (κ2) is 16.5. The number of carbonyl (C=O) groups excluding carboxylic acids is 2. The maximum absolute atomic E-state index is 13.1. The van der Waals surface area contributed by atoms with Crippen molar-refractivity contribution in [1.82, 2.24) is 9.80 Å². The lowest BCUT2D eigenvalue weighted by Crippen LogP contribution is -2.52. The van der Waals surface area contributed by atoms with Crippen LogP contribution >= 0.6 is 0 Å². The Morgan fingerprint density at radius 2 is 0.850 bits per heavy atom. The highest BCUT2D eigenvalue weighted by Crippen LogP contribution is 2.38. The van der Waals surface area contributed by atoms with Crippen LogP contribution in [0.5, 0.6) is 0 Å². The van der Waals surface area contributed by atoms with Gasteiger partial charge < -0.3 is 19.8 Å². The predicted octanol–water partition coefficient (Wildman–Crippen LogP) is 5.36. The van der Waals surface area contributed by atoms with Crippen molar-refractivity contribution < 1.29 is 19.8 Å². The summed E-state index contributed by atoms with van der Waals surface area (Å²) in [6, 6.07) is 2.28. The topological polar surface area (TPSA) is 86.7 Å². The normalized spacial score (nSPS) is 23.1. The van der Waals surface area contributed by atoms with Gasteiger partial charge in [-0.3, -0.25) is 9.80 Å². The molecule has 0 heterocycles. The highest BCUT2D eigenvalue weighted by molar-refractivity contribution is 5.72. The Morgan fingerprint density at radius 3 is 1.12 bits per heavy atom. The first-order valence-electron chi connectivity index (χ1n) is 17.4. The molecule has 0 aromatic heterocycles. The average Bonchev–Trinajstić information content (AvgIpc) is 2.99. The number of aliphatic carboxylic acids is 2. The van der Waals surface area contributed by atoms with E-state index in [1.165, 1.54) is 128 Å². The van der Waals surface area contributed by atoms with Crippen LogP contribution in [0.1, 0.15) is 161 Å². The van der Waals surface area contributed by atoms with E-state index in [0.717, 1.165) is 13.1 Å². The van der Waals surface area contributed by atoms with E-state index in [0.29, 0.717) is 49.9 Å². The third-order valence-electron chi connectivity index (χ3n) is 11.3. The molecule has 0 amide bonds. The third-order valence-corrected chi connectivity index (χ3v) is 11.3. The number of rotatable bonds is 15. The molecule has 0 N–H and O–H groups in total. The summed E-state index contributed by atoms with van der Waals surface area (Å²) in [5.41, 5.74) is -0.974. The summed E-state index contributed by atoms with van der Waals surface area (Å²) in [5.74, 6) is -2.03. The lowest BCUT2D eigenvalue weighted by atomic mass is 9.75. The van der Waals surface area contributed by atoms with Crippen LogP contribution in [0, 0.1) is 5.41 Å². The van der Waals surface area contributed by atoms with Crippen LogP contribution in [0.2, 0.25) is 0 Å². The molecular formula is C34H58N2O4-2. The summed E-state index contributed by atoms with van der Waals surface area (Å²) in [5, 5.41) is 24.4. The standard InChI is InChI=1S/C34H60N2O4/c37-32(38)22-13-23-34(33(39)40,24-26-35(28-14-5-1-6-15-28)29-16-7-2-8-17-29)25-27-36(30-18-9-3-10-19-30)31-20-11-4-12-21-31/h28-31H,1-27H2,(H,37,38)(H,39,40)/p-2. The molecule has 230 valence electrons. The Balaban J connectivity index is 1.51. The number of carboxylic acids is 2. The molecule has 4 fully saturated rings. The zero-order chi connectivity index (χ0) is 28.2. The van der Waals surface area contributed by atoms with E-state index in [1.807, 2.05) is 0 Å². The lowest BCUT2D eigenvalue weighted by Gasteiger charge is -2.46. The molecule has 4 saturated carbocycles. The zero-order valence-corrected chi connectivity index (χ0v) is 25.4. The molecule has 0 bridgehead atoms. The number of hydrogen-bond donors (Lipinski definition) is 0. The molecule has 4 aliphatic carbocycles. The van der Waals surface area contributed by atoms with E-state index in [4.69, 9.17) is 0 Å². The summed E-state index contributed by atoms with van der Waals surface area (Å²) in [6.07, 6.45) is 27.2. The van der Waals surface area contributed by atoms with Gasteiger partial charge in [0.2, 0.25) is 0 Å². The quantitative estimate of drug-likeness (QED) is 0.269. The molecule has 4 aliphatic rings. The molecule has 0 aliphatic heterocycles. The van der Waals surface area contributed by atoms with Crippen molar-refractivity contribution in [3.8, 4) is 0 Å². The van der Waals surface area contributed by atoms with Gasteiger partial charge in [0.1, 0.15) is 0 Å². The molecule has 0 saturated heterocycles. The summed E-state index contributed by atoms with van der Waals surface area (Å²) >= 11 is 0. The van der Waals surface area contributed by atoms with Gasteiger partial charge >= 0.3 is 0 Å². The number of carboxylic acid groups (broad SMARTS) is 2. The number of carbonyl (C=O) groups is 2. The van der Waals surface area contributed by atoms with E-state index in [9.17, 15) is 19.8 Å². The van der Waals surface area contributed by atoms with Gasteiger partial charge in [-0.1, -0.05) is 77.0 Å². The first-order valence-corrected chi connectivity index (χ1v) is 17.4. The van der Waals surface area contributed by atoms with Crippen LogP contribution in [-0.4, -0.2) is 59.0 Å². The van der Waals surface area contributed by atoms with Crippen LogP contribution in [0.4, 0.5) is 0 Å². The Labute approximate surface area is 244 Å². The zero-order valence-electron chi connectivity index (χ0n) is 25.4. The number of nitrogens with zero attached hydrogens (tertiary/aromatic N) is 2. The van der Waals surface area contributed by atoms with E-state index in [-0.39, 0.29) is 6.42 Å². The summed E-state index contributed by atoms with van der Waals surface area (Å²) in [7, 11) is 0. The monoisotopic (exact) mass is 558 g/mol. The van der Waals surface area contributed by atoms with Gasteiger partial charge in [-0.15, -0.1) is 0 Å². The van der Waals surface area contributed by atoms with Crippen molar-refractivity contribution in [3.63, 3.8) is 0 Å². The van der Waals surface area contributed by atoms with Crippen molar-refractivity contribution in [3.05, 3.63) is 0 Å². The molecule has 0 aromatic carbocycles. The van der Waals surface area contributed by atoms with Gasteiger partial charge in [0.15, 0.2) is 0 Å². The van der Waals surface area contributed by atoms with E-state index >= 15 is 0 Å². The molecule has 0 radical (unpaired) electrons. The predicted molar refractivity (Wildman–Crippen MR) is 156 cm³/mol. The summed E-state index contributed by atoms with van der Waals surface area (Å²) < 4.78 is 0. The van der Waals surface area contributed by atoms with Gasteiger partial charge in [0.05, 0.1) is 0 Å². The van der Waals surface area contributed by atoms with Crippen LogP contribution in [0.25, 0.3) is 0 Å². The molecule has 0 spiro atoms. The van der Waals surface area contributed by atoms with Gasteiger partial charge in [0.25, 0.3) is 0 Å².